The van der Waals surface area contributed by atoms with Crippen molar-refractivity contribution in [3.63, 3.8) is 0 Å². The number of amides is 1. The van der Waals surface area contributed by atoms with E-state index in [-0.39, 0.29) is 5.69 Å². The highest BCUT2D eigenvalue weighted by atomic mass is 16.5. The highest BCUT2D eigenvalue weighted by molar-refractivity contribution is 5.92. The van der Waals surface area contributed by atoms with Crippen LogP contribution < -0.4 is 10.2 Å². The van der Waals surface area contributed by atoms with Gasteiger partial charge in [-0.25, -0.2) is 10.5 Å². The average Bonchev–Trinajstić information content (AvgIpc) is 2.90. The van der Waals surface area contributed by atoms with E-state index in [1.165, 1.54) is 0 Å². The third kappa shape index (κ3) is 2.58. The van der Waals surface area contributed by atoms with Crippen molar-refractivity contribution in [3.8, 4) is 17.2 Å². The Kier molecular flexibility index (Phi) is 3.82. The lowest BCUT2D eigenvalue weighted by Crippen LogP contribution is -2.20. The van der Waals surface area contributed by atoms with Crippen LogP contribution in [0.2, 0.25) is 0 Å². The lowest BCUT2D eigenvalue weighted by molar-refractivity contribution is 0.0699. The van der Waals surface area contributed by atoms with Crippen LogP contribution in [0.3, 0.4) is 0 Å². The number of hydrogen-bond acceptors (Lipinski definition) is 5. The largest absolute Gasteiger partial charge is 0.497 e. The zero-order valence-corrected chi connectivity index (χ0v) is 10.6. The van der Waals surface area contributed by atoms with Gasteiger partial charge in [-0.2, -0.15) is 0 Å². The fraction of sp³-hybridized carbons (Fsp3) is 0.231. The molecule has 1 heterocycles. The molecule has 0 unspecified atom stereocenters. The summed E-state index contributed by atoms with van der Waals surface area (Å²) in [6.07, 6.45) is 0.506. The van der Waals surface area contributed by atoms with Crippen molar-refractivity contribution in [1.82, 2.24) is 10.5 Å². The molecule has 0 atom stereocenters. The van der Waals surface area contributed by atoms with Gasteiger partial charge in [0.05, 0.1) is 7.11 Å². The second-order valence-corrected chi connectivity index (χ2v) is 3.81. The van der Waals surface area contributed by atoms with Crippen LogP contribution >= 0.6 is 0 Å². The Morgan fingerprint density at radius 1 is 1.42 bits per heavy atom. The van der Waals surface area contributed by atoms with Crippen molar-refractivity contribution in [2.24, 2.45) is 0 Å². The van der Waals surface area contributed by atoms with Crippen molar-refractivity contribution in [1.29, 1.82) is 0 Å². The van der Waals surface area contributed by atoms with Crippen molar-refractivity contribution in [3.05, 3.63) is 35.7 Å². The predicted octanol–water partition coefficient (Wildman–Crippen LogP) is 2.03. The lowest BCUT2D eigenvalue weighted by Gasteiger charge is -1.99. The lowest BCUT2D eigenvalue weighted by atomic mass is 10.2. The van der Waals surface area contributed by atoms with E-state index < -0.39 is 5.91 Å². The van der Waals surface area contributed by atoms with Gasteiger partial charge in [-0.1, -0.05) is 6.92 Å². The van der Waals surface area contributed by atoms with Crippen molar-refractivity contribution in [2.75, 3.05) is 7.11 Å². The minimum Gasteiger partial charge on any atom is -0.497 e. The smallest absolute Gasteiger partial charge is 0.296 e. The highest BCUT2D eigenvalue weighted by Crippen LogP contribution is 2.24. The molecule has 0 spiro atoms. The Morgan fingerprint density at radius 2 is 2.11 bits per heavy atom. The Balaban J connectivity index is 2.39. The first-order chi connectivity index (χ1) is 9.19. The fourth-order valence-electron chi connectivity index (χ4n) is 1.68. The van der Waals surface area contributed by atoms with Crippen molar-refractivity contribution in [2.45, 2.75) is 13.3 Å². The van der Waals surface area contributed by atoms with E-state index in [1.54, 1.807) is 36.9 Å². The first kappa shape index (κ1) is 13.1. The van der Waals surface area contributed by atoms with Crippen LogP contribution in [0.5, 0.6) is 5.75 Å². The van der Waals surface area contributed by atoms with Crippen LogP contribution in [-0.2, 0) is 6.42 Å². The maximum atomic E-state index is 11.4. The van der Waals surface area contributed by atoms with E-state index >= 15 is 0 Å². The number of aromatic nitrogens is 1. The molecular weight excluding hydrogens is 248 g/mol. The van der Waals surface area contributed by atoms with Gasteiger partial charge in [0.2, 0.25) is 5.89 Å². The number of nitrogens with one attached hydrogen (secondary N) is 1. The predicted molar refractivity (Wildman–Crippen MR) is 67.1 cm³/mol. The molecule has 2 N–H and O–H groups in total. The van der Waals surface area contributed by atoms with Crippen LogP contribution in [-0.4, -0.2) is 23.2 Å². The maximum absolute atomic E-state index is 11.4. The van der Waals surface area contributed by atoms with Gasteiger partial charge in [0, 0.05) is 12.0 Å². The Hall–Kier alpha value is -2.34. The van der Waals surface area contributed by atoms with Crippen LogP contribution in [0.25, 0.3) is 11.5 Å². The number of rotatable bonds is 4. The molecule has 1 amide bonds. The van der Waals surface area contributed by atoms with E-state index in [0.29, 0.717) is 18.1 Å². The molecule has 0 saturated carbocycles. The van der Waals surface area contributed by atoms with Crippen molar-refractivity contribution >= 4 is 5.91 Å². The molecule has 0 aliphatic rings. The number of methoxy groups -OCH3 is 1. The fourth-order valence-corrected chi connectivity index (χ4v) is 1.68. The SMILES string of the molecule is CCc1oc(-c2ccc(OC)cc2)nc1C(=O)NO. The number of hydroxylamine groups is 1. The summed E-state index contributed by atoms with van der Waals surface area (Å²) in [5.41, 5.74) is 2.38. The van der Waals surface area contributed by atoms with Crippen LogP contribution in [0.1, 0.15) is 23.2 Å². The number of benzene rings is 1. The zero-order valence-electron chi connectivity index (χ0n) is 10.6. The second kappa shape index (κ2) is 5.53. The summed E-state index contributed by atoms with van der Waals surface area (Å²) in [6, 6.07) is 7.11. The molecule has 2 aromatic rings. The minimum atomic E-state index is -0.680. The Labute approximate surface area is 110 Å². The average molecular weight is 262 g/mol. The van der Waals surface area contributed by atoms with Crippen LogP contribution in [0.15, 0.2) is 28.7 Å². The maximum Gasteiger partial charge on any atom is 0.296 e. The Morgan fingerprint density at radius 3 is 2.63 bits per heavy atom. The third-order valence-corrected chi connectivity index (χ3v) is 2.67. The molecule has 0 bridgehead atoms. The van der Waals surface area contributed by atoms with Crippen LogP contribution in [0.4, 0.5) is 0 Å². The monoisotopic (exact) mass is 262 g/mol. The summed E-state index contributed by atoms with van der Waals surface area (Å²) >= 11 is 0. The quantitative estimate of drug-likeness (QED) is 0.650. The van der Waals surface area contributed by atoms with E-state index in [0.717, 1.165) is 11.3 Å². The standard InChI is InChI=1S/C13H14N2O4/c1-3-10-11(12(16)15-17)14-13(19-10)8-4-6-9(18-2)7-5-8/h4-7,17H,3H2,1-2H3,(H,15,16). The topological polar surface area (TPSA) is 84.6 Å². The number of carbonyl (C=O) groups is 1. The summed E-state index contributed by atoms with van der Waals surface area (Å²) in [7, 11) is 1.58. The van der Waals surface area contributed by atoms with Gasteiger partial charge in [-0.3, -0.25) is 10.0 Å². The second-order valence-electron chi connectivity index (χ2n) is 3.81. The number of carbonyl (C=O) groups excluding carboxylic acids is 1. The van der Waals surface area contributed by atoms with E-state index in [4.69, 9.17) is 14.4 Å². The molecule has 0 aliphatic heterocycles. The van der Waals surface area contributed by atoms with Gasteiger partial charge in [0.15, 0.2) is 5.69 Å². The molecular formula is C13H14N2O4. The molecule has 1 aromatic carbocycles. The summed E-state index contributed by atoms with van der Waals surface area (Å²) in [5, 5.41) is 8.66. The number of nitrogens with zero attached hydrogens (tertiary/aromatic N) is 1. The zero-order chi connectivity index (χ0) is 13.8. The first-order valence-electron chi connectivity index (χ1n) is 5.78. The third-order valence-electron chi connectivity index (χ3n) is 2.67. The van der Waals surface area contributed by atoms with E-state index in [9.17, 15) is 4.79 Å². The highest BCUT2D eigenvalue weighted by Gasteiger charge is 2.19. The van der Waals surface area contributed by atoms with Crippen LogP contribution in [0, 0.1) is 0 Å². The molecule has 0 fully saturated rings. The molecule has 100 valence electrons. The molecule has 0 radical (unpaired) electrons. The molecule has 19 heavy (non-hydrogen) atoms. The van der Waals surface area contributed by atoms with Crippen molar-refractivity contribution < 1.29 is 19.2 Å². The Bertz CT molecular complexity index is 575. The summed E-state index contributed by atoms with van der Waals surface area (Å²) in [5.74, 6) is 0.801. The minimum absolute atomic E-state index is 0.0934. The van der Waals surface area contributed by atoms with Gasteiger partial charge in [-0.05, 0) is 24.3 Å². The number of hydrogen-bond donors (Lipinski definition) is 2. The summed E-state index contributed by atoms with van der Waals surface area (Å²) in [6.45, 7) is 1.84. The molecule has 0 aliphatic carbocycles. The van der Waals surface area contributed by atoms with Gasteiger partial charge in [0.1, 0.15) is 11.5 Å². The molecule has 1 aromatic heterocycles. The molecule has 2 rings (SSSR count). The number of oxazole rings is 1. The normalized spacial score (nSPS) is 10.3. The van der Waals surface area contributed by atoms with Gasteiger partial charge >= 0.3 is 0 Å². The first-order valence-corrected chi connectivity index (χ1v) is 5.78. The molecule has 0 saturated heterocycles. The van der Waals surface area contributed by atoms with Gasteiger partial charge < -0.3 is 9.15 Å². The van der Waals surface area contributed by atoms with Gasteiger partial charge in [0.25, 0.3) is 5.91 Å². The number of ether oxygens (including phenoxy) is 1. The molecule has 6 nitrogen and oxygen atoms in total. The number of aryl methyl sites for hydroxylation is 1. The van der Waals surface area contributed by atoms with E-state index in [2.05, 4.69) is 4.98 Å². The van der Waals surface area contributed by atoms with E-state index in [1.807, 2.05) is 6.92 Å². The van der Waals surface area contributed by atoms with Gasteiger partial charge in [-0.15, -0.1) is 0 Å². The summed E-state index contributed by atoms with van der Waals surface area (Å²) < 4.78 is 10.6. The molecule has 6 heteroatoms. The summed E-state index contributed by atoms with van der Waals surface area (Å²) in [4.78, 5) is 15.5.